The zero-order valence-electron chi connectivity index (χ0n) is 16.1. The Morgan fingerprint density at radius 2 is 1.71 bits per heavy atom. The highest BCUT2D eigenvalue weighted by Gasteiger charge is 2.15. The molecule has 0 saturated heterocycles. The van der Waals surface area contributed by atoms with E-state index in [2.05, 4.69) is 50.0 Å². The maximum Gasteiger partial charge on any atom is 0.263 e. The predicted molar refractivity (Wildman–Crippen MR) is 114 cm³/mol. The van der Waals surface area contributed by atoms with Crippen molar-refractivity contribution < 1.29 is 4.39 Å². The molecule has 0 bridgehead atoms. The lowest BCUT2D eigenvalue weighted by Gasteiger charge is -2.19. The van der Waals surface area contributed by atoms with Gasteiger partial charge in [-0.15, -0.1) is 11.3 Å². The van der Waals surface area contributed by atoms with Crippen molar-refractivity contribution in [3.8, 4) is 11.1 Å². The number of aromatic nitrogens is 2. The van der Waals surface area contributed by atoms with E-state index in [1.165, 1.54) is 29.0 Å². The number of benzene rings is 2. The third kappa shape index (κ3) is 3.50. The number of hydrogen-bond donors (Lipinski definition) is 0. The fraction of sp³-hybridized carbons (Fsp3) is 0.217. The van der Waals surface area contributed by atoms with Crippen molar-refractivity contribution in [1.29, 1.82) is 0 Å². The zero-order chi connectivity index (χ0) is 19.9. The summed E-state index contributed by atoms with van der Waals surface area (Å²) < 4.78 is 14.9. The molecule has 142 valence electrons. The summed E-state index contributed by atoms with van der Waals surface area (Å²) >= 11 is 1.43. The quantitative estimate of drug-likeness (QED) is 0.454. The monoisotopic (exact) mass is 392 g/mol. The summed E-state index contributed by atoms with van der Waals surface area (Å²) in [6, 6.07) is 14.5. The largest absolute Gasteiger partial charge is 0.294 e. The van der Waals surface area contributed by atoms with Gasteiger partial charge in [0, 0.05) is 10.9 Å². The minimum atomic E-state index is -0.294. The Labute approximate surface area is 167 Å². The van der Waals surface area contributed by atoms with E-state index in [0.29, 0.717) is 16.8 Å². The topological polar surface area (TPSA) is 34.9 Å². The molecule has 4 rings (SSSR count). The standard InChI is InChI=1S/C23H21FN2OS/c1-23(2,3)17-8-4-15(5-9-17)12-26-14-25-21-20(22(26)27)19(13-28-21)16-6-10-18(24)11-7-16/h4-11,13-14H,12H2,1-3H3. The first-order chi connectivity index (χ1) is 13.3. The molecule has 0 aliphatic carbocycles. The predicted octanol–water partition coefficient (Wildman–Crippen LogP) is 5.61. The Kier molecular flexibility index (Phi) is 4.63. The minimum Gasteiger partial charge on any atom is -0.294 e. The van der Waals surface area contributed by atoms with Gasteiger partial charge in [-0.1, -0.05) is 57.2 Å². The first-order valence-electron chi connectivity index (χ1n) is 9.15. The van der Waals surface area contributed by atoms with Crippen LogP contribution in [0.4, 0.5) is 4.39 Å². The molecule has 0 spiro atoms. The molecule has 0 radical (unpaired) electrons. The summed E-state index contributed by atoms with van der Waals surface area (Å²) in [6.07, 6.45) is 1.60. The molecule has 28 heavy (non-hydrogen) atoms. The molecule has 0 unspecified atom stereocenters. The van der Waals surface area contributed by atoms with Crippen molar-refractivity contribution in [3.05, 3.63) is 87.5 Å². The minimum absolute atomic E-state index is 0.0783. The van der Waals surface area contributed by atoms with Crippen molar-refractivity contribution in [3.63, 3.8) is 0 Å². The number of rotatable bonds is 3. The first kappa shape index (κ1) is 18.6. The normalized spacial score (nSPS) is 11.9. The van der Waals surface area contributed by atoms with E-state index in [1.54, 1.807) is 23.0 Å². The van der Waals surface area contributed by atoms with E-state index in [4.69, 9.17) is 0 Å². The molecule has 5 heteroatoms. The van der Waals surface area contributed by atoms with Gasteiger partial charge in [-0.25, -0.2) is 9.37 Å². The highest BCUT2D eigenvalue weighted by molar-refractivity contribution is 7.17. The maximum absolute atomic E-state index is 13.3. The van der Waals surface area contributed by atoms with E-state index in [0.717, 1.165) is 16.7 Å². The summed E-state index contributed by atoms with van der Waals surface area (Å²) in [5.74, 6) is -0.294. The van der Waals surface area contributed by atoms with Crippen LogP contribution < -0.4 is 5.56 Å². The van der Waals surface area contributed by atoms with E-state index < -0.39 is 0 Å². The van der Waals surface area contributed by atoms with Crippen LogP contribution in [-0.2, 0) is 12.0 Å². The molecule has 3 nitrogen and oxygen atoms in total. The Balaban J connectivity index is 1.73. The molecule has 0 aliphatic heterocycles. The lowest BCUT2D eigenvalue weighted by atomic mass is 9.87. The molecule has 0 atom stereocenters. The van der Waals surface area contributed by atoms with E-state index in [9.17, 15) is 9.18 Å². The SMILES string of the molecule is CC(C)(C)c1ccc(Cn2cnc3scc(-c4ccc(F)cc4)c3c2=O)cc1. The van der Waals surface area contributed by atoms with Crippen molar-refractivity contribution in [2.45, 2.75) is 32.7 Å². The Hall–Kier alpha value is -2.79. The van der Waals surface area contributed by atoms with Gasteiger partial charge in [0.1, 0.15) is 10.6 Å². The molecule has 0 N–H and O–H groups in total. The molecule has 0 saturated carbocycles. The molecule has 4 aromatic rings. The fourth-order valence-corrected chi connectivity index (χ4v) is 4.14. The van der Waals surface area contributed by atoms with Crippen LogP contribution in [0.2, 0.25) is 0 Å². The number of fused-ring (bicyclic) bond motifs is 1. The average molecular weight is 392 g/mol. The zero-order valence-corrected chi connectivity index (χ0v) is 16.9. The van der Waals surface area contributed by atoms with Crippen molar-refractivity contribution in [1.82, 2.24) is 9.55 Å². The van der Waals surface area contributed by atoms with Gasteiger partial charge in [0.15, 0.2) is 0 Å². The first-order valence-corrected chi connectivity index (χ1v) is 10.0. The summed E-state index contributed by atoms with van der Waals surface area (Å²) in [5, 5.41) is 2.50. The molecule has 2 aromatic heterocycles. The van der Waals surface area contributed by atoms with Crippen LogP contribution in [0.3, 0.4) is 0 Å². The van der Waals surface area contributed by atoms with Crippen molar-refractivity contribution >= 4 is 21.6 Å². The summed E-state index contributed by atoms with van der Waals surface area (Å²) in [5.41, 5.74) is 3.94. The van der Waals surface area contributed by atoms with E-state index in [1.807, 2.05) is 5.38 Å². The fourth-order valence-electron chi connectivity index (χ4n) is 3.23. The summed E-state index contributed by atoms with van der Waals surface area (Å²) in [6.45, 7) is 7.00. The molecule has 2 aromatic carbocycles. The number of thiophene rings is 1. The lowest BCUT2D eigenvalue weighted by Crippen LogP contribution is -2.21. The van der Waals surface area contributed by atoms with Crippen LogP contribution >= 0.6 is 11.3 Å². The van der Waals surface area contributed by atoms with Gasteiger partial charge in [0.25, 0.3) is 5.56 Å². The van der Waals surface area contributed by atoms with Crippen LogP contribution in [0.15, 0.2) is 65.0 Å². The molecule has 0 amide bonds. The highest BCUT2D eigenvalue weighted by Crippen LogP contribution is 2.30. The van der Waals surface area contributed by atoms with E-state index in [-0.39, 0.29) is 16.8 Å². The average Bonchev–Trinajstić information content (AvgIpc) is 3.09. The summed E-state index contributed by atoms with van der Waals surface area (Å²) in [4.78, 5) is 18.3. The van der Waals surface area contributed by atoms with Gasteiger partial charge in [-0.05, 0) is 34.2 Å². The lowest BCUT2D eigenvalue weighted by molar-refractivity contribution is 0.589. The second-order valence-electron chi connectivity index (χ2n) is 7.96. The Morgan fingerprint density at radius 1 is 1.04 bits per heavy atom. The molecule has 0 aliphatic rings. The second-order valence-corrected chi connectivity index (χ2v) is 8.82. The van der Waals surface area contributed by atoms with Gasteiger partial charge < -0.3 is 0 Å². The maximum atomic E-state index is 13.3. The highest BCUT2D eigenvalue weighted by atomic mass is 32.1. The Morgan fingerprint density at radius 3 is 2.36 bits per heavy atom. The van der Waals surface area contributed by atoms with Gasteiger partial charge in [-0.2, -0.15) is 0 Å². The molecular formula is C23H21FN2OS. The van der Waals surface area contributed by atoms with Gasteiger partial charge >= 0.3 is 0 Å². The molecular weight excluding hydrogens is 371 g/mol. The van der Waals surface area contributed by atoms with Crippen LogP contribution in [0.5, 0.6) is 0 Å². The van der Waals surface area contributed by atoms with Crippen LogP contribution in [0, 0.1) is 5.82 Å². The van der Waals surface area contributed by atoms with E-state index >= 15 is 0 Å². The summed E-state index contributed by atoms with van der Waals surface area (Å²) in [7, 11) is 0. The number of nitrogens with zero attached hydrogens (tertiary/aromatic N) is 2. The van der Waals surface area contributed by atoms with Crippen LogP contribution in [-0.4, -0.2) is 9.55 Å². The number of halogens is 1. The number of hydrogen-bond acceptors (Lipinski definition) is 3. The van der Waals surface area contributed by atoms with Crippen LogP contribution in [0.25, 0.3) is 21.3 Å². The third-order valence-corrected chi connectivity index (χ3v) is 5.78. The second kappa shape index (κ2) is 6.99. The van der Waals surface area contributed by atoms with Gasteiger partial charge in [0.2, 0.25) is 0 Å². The van der Waals surface area contributed by atoms with Crippen molar-refractivity contribution in [2.24, 2.45) is 0 Å². The molecule has 2 heterocycles. The van der Waals surface area contributed by atoms with Crippen LogP contribution in [0.1, 0.15) is 31.9 Å². The van der Waals surface area contributed by atoms with Gasteiger partial charge in [-0.3, -0.25) is 9.36 Å². The Bertz CT molecular complexity index is 1180. The van der Waals surface area contributed by atoms with Gasteiger partial charge in [0.05, 0.1) is 18.3 Å². The van der Waals surface area contributed by atoms with Crippen molar-refractivity contribution in [2.75, 3.05) is 0 Å². The molecule has 0 fully saturated rings. The smallest absolute Gasteiger partial charge is 0.263 e. The third-order valence-electron chi connectivity index (χ3n) is 4.89.